The predicted octanol–water partition coefficient (Wildman–Crippen LogP) is 2.11. The molecular weight excluding hydrogens is 195 g/mol. The largest absolute Gasteiger partial charge is 0.414 e. The molecule has 0 radical (unpaired) electrons. The maximum Gasteiger partial charge on any atom is 0.414 e. The summed E-state index contributed by atoms with van der Waals surface area (Å²) in [7, 11) is 0. The van der Waals surface area contributed by atoms with E-state index in [4.69, 9.17) is 5.11 Å². The molecule has 1 N–H and O–H groups in total. The van der Waals surface area contributed by atoms with Gasteiger partial charge in [-0.2, -0.15) is 13.2 Å². The molecule has 1 aromatic rings. The molecule has 0 aliphatic heterocycles. The van der Waals surface area contributed by atoms with Crippen molar-refractivity contribution in [2.45, 2.75) is 25.1 Å². The fourth-order valence-electron chi connectivity index (χ4n) is 1.13. The van der Waals surface area contributed by atoms with E-state index in [1.807, 2.05) is 0 Å². The summed E-state index contributed by atoms with van der Waals surface area (Å²) in [4.78, 5) is 3.69. The summed E-state index contributed by atoms with van der Waals surface area (Å²) in [5.41, 5.74) is 0.421. The molecule has 2 atom stereocenters. The molecule has 1 aromatic heterocycles. The van der Waals surface area contributed by atoms with E-state index in [2.05, 4.69) is 4.98 Å². The smallest absolute Gasteiger partial charge is 0.383 e. The number of alkyl halides is 3. The van der Waals surface area contributed by atoms with Gasteiger partial charge in [0.05, 0.1) is 0 Å². The highest BCUT2D eigenvalue weighted by Crippen LogP contribution is 2.30. The zero-order chi connectivity index (χ0) is 10.8. The summed E-state index contributed by atoms with van der Waals surface area (Å²) < 4.78 is 36.4. The van der Waals surface area contributed by atoms with Crippen LogP contribution < -0.4 is 0 Å². The van der Waals surface area contributed by atoms with Gasteiger partial charge in [0.15, 0.2) is 6.10 Å². The first-order valence-corrected chi connectivity index (χ1v) is 4.07. The van der Waals surface area contributed by atoms with E-state index in [0.717, 1.165) is 0 Å². The topological polar surface area (TPSA) is 33.1 Å². The van der Waals surface area contributed by atoms with Crippen molar-refractivity contribution in [3.8, 4) is 0 Å². The third-order valence-electron chi connectivity index (χ3n) is 2.04. The Kier molecular flexibility index (Phi) is 3.10. The number of rotatable bonds is 2. The molecule has 0 saturated heterocycles. The van der Waals surface area contributed by atoms with Gasteiger partial charge >= 0.3 is 6.18 Å². The molecular formula is C9H10F3NO. The zero-order valence-corrected chi connectivity index (χ0v) is 7.49. The number of hydrogen-bond donors (Lipinski definition) is 1. The van der Waals surface area contributed by atoms with Crippen molar-refractivity contribution in [3.63, 3.8) is 0 Å². The summed E-state index contributed by atoms with van der Waals surface area (Å²) in [6.45, 7) is 1.33. The first-order valence-electron chi connectivity index (χ1n) is 4.07. The van der Waals surface area contributed by atoms with Crippen molar-refractivity contribution < 1.29 is 18.3 Å². The lowest BCUT2D eigenvalue weighted by Crippen LogP contribution is -2.33. The van der Waals surface area contributed by atoms with Crippen molar-refractivity contribution in [2.75, 3.05) is 0 Å². The number of halogens is 3. The molecule has 78 valence electrons. The van der Waals surface area contributed by atoms with Crippen LogP contribution in [0, 0.1) is 0 Å². The molecule has 0 saturated carbocycles. The van der Waals surface area contributed by atoms with Crippen LogP contribution in [0.1, 0.15) is 18.4 Å². The predicted molar refractivity (Wildman–Crippen MR) is 44.7 cm³/mol. The number of aromatic nitrogens is 1. The Labute approximate surface area is 79.4 Å². The fourth-order valence-corrected chi connectivity index (χ4v) is 1.13. The van der Waals surface area contributed by atoms with Crippen LogP contribution in [-0.4, -0.2) is 22.4 Å². The van der Waals surface area contributed by atoms with Gasteiger partial charge in [-0.25, -0.2) is 0 Å². The van der Waals surface area contributed by atoms with Gasteiger partial charge < -0.3 is 5.11 Å². The highest BCUT2D eigenvalue weighted by Gasteiger charge is 2.42. The van der Waals surface area contributed by atoms with Crippen LogP contribution in [0.5, 0.6) is 0 Å². The van der Waals surface area contributed by atoms with Gasteiger partial charge in [0.25, 0.3) is 0 Å². The molecule has 5 heteroatoms. The third-order valence-corrected chi connectivity index (χ3v) is 2.04. The lowest BCUT2D eigenvalue weighted by Gasteiger charge is -2.21. The Morgan fingerprint density at radius 2 is 1.79 bits per heavy atom. The first kappa shape index (κ1) is 11.0. The van der Waals surface area contributed by atoms with E-state index < -0.39 is 18.2 Å². The lowest BCUT2D eigenvalue weighted by atomic mass is 9.96. The fraction of sp³-hybridized carbons (Fsp3) is 0.444. The summed E-state index contributed by atoms with van der Waals surface area (Å²) >= 11 is 0. The molecule has 0 amide bonds. The Bertz CT molecular complexity index is 286. The second-order valence-electron chi connectivity index (χ2n) is 3.06. The Balaban J connectivity index is 2.81. The number of hydrogen-bond acceptors (Lipinski definition) is 2. The van der Waals surface area contributed by atoms with Gasteiger partial charge in [-0.3, -0.25) is 4.98 Å². The third kappa shape index (κ3) is 2.45. The molecule has 14 heavy (non-hydrogen) atoms. The summed E-state index contributed by atoms with van der Waals surface area (Å²) in [6.07, 6.45) is -4.11. The van der Waals surface area contributed by atoms with E-state index in [1.54, 1.807) is 0 Å². The summed E-state index contributed by atoms with van der Waals surface area (Å²) in [5.74, 6) is -0.974. The maximum absolute atomic E-state index is 12.1. The van der Waals surface area contributed by atoms with Gasteiger partial charge in [-0.15, -0.1) is 0 Å². The minimum absolute atomic E-state index is 0.421. The van der Waals surface area contributed by atoms with E-state index in [-0.39, 0.29) is 0 Å². The van der Waals surface area contributed by atoms with Gasteiger partial charge in [-0.05, 0) is 17.7 Å². The van der Waals surface area contributed by atoms with Gasteiger partial charge in [0.2, 0.25) is 0 Å². The summed E-state index contributed by atoms with van der Waals surface area (Å²) in [5, 5.41) is 8.96. The molecule has 0 spiro atoms. The molecule has 0 fully saturated rings. The Hall–Kier alpha value is -1.10. The average molecular weight is 205 g/mol. The minimum Gasteiger partial charge on any atom is -0.383 e. The monoisotopic (exact) mass is 205 g/mol. The van der Waals surface area contributed by atoms with Crippen LogP contribution in [0.4, 0.5) is 13.2 Å². The second-order valence-corrected chi connectivity index (χ2v) is 3.06. The molecule has 1 heterocycles. The van der Waals surface area contributed by atoms with Crippen molar-refractivity contribution in [2.24, 2.45) is 0 Å². The van der Waals surface area contributed by atoms with Crippen molar-refractivity contribution >= 4 is 0 Å². The van der Waals surface area contributed by atoms with E-state index in [9.17, 15) is 13.2 Å². The van der Waals surface area contributed by atoms with Crippen molar-refractivity contribution in [1.82, 2.24) is 4.98 Å². The second kappa shape index (κ2) is 3.96. The number of aliphatic hydroxyl groups is 1. The van der Waals surface area contributed by atoms with E-state index in [0.29, 0.717) is 5.56 Å². The molecule has 0 aliphatic carbocycles. The molecule has 1 rings (SSSR count). The van der Waals surface area contributed by atoms with Gasteiger partial charge in [0.1, 0.15) is 0 Å². The van der Waals surface area contributed by atoms with Crippen LogP contribution in [-0.2, 0) is 0 Å². The van der Waals surface area contributed by atoms with Crippen LogP contribution >= 0.6 is 0 Å². The van der Waals surface area contributed by atoms with Crippen LogP contribution in [0.3, 0.4) is 0 Å². The molecule has 2 unspecified atom stereocenters. The van der Waals surface area contributed by atoms with Crippen LogP contribution in [0.15, 0.2) is 24.5 Å². The van der Waals surface area contributed by atoms with Gasteiger partial charge in [0, 0.05) is 18.3 Å². The number of pyridine rings is 1. The van der Waals surface area contributed by atoms with Crippen molar-refractivity contribution in [1.29, 1.82) is 0 Å². The summed E-state index contributed by atoms with van der Waals surface area (Å²) in [6, 6.07) is 2.92. The van der Waals surface area contributed by atoms with Crippen molar-refractivity contribution in [3.05, 3.63) is 30.1 Å². The Morgan fingerprint density at radius 3 is 2.21 bits per heavy atom. The number of aliphatic hydroxyl groups excluding tert-OH is 1. The van der Waals surface area contributed by atoms with Gasteiger partial charge in [-0.1, -0.05) is 6.92 Å². The van der Waals surface area contributed by atoms with Crippen LogP contribution in [0.2, 0.25) is 0 Å². The Morgan fingerprint density at radius 1 is 1.29 bits per heavy atom. The van der Waals surface area contributed by atoms with E-state index in [1.165, 1.54) is 31.5 Å². The quantitative estimate of drug-likeness (QED) is 0.802. The zero-order valence-electron chi connectivity index (χ0n) is 7.49. The average Bonchev–Trinajstić information content (AvgIpc) is 2.15. The highest BCUT2D eigenvalue weighted by molar-refractivity contribution is 5.16. The lowest BCUT2D eigenvalue weighted by molar-refractivity contribution is -0.209. The molecule has 0 aromatic carbocycles. The SMILES string of the molecule is CC(c1ccncc1)C(O)C(F)(F)F. The normalized spacial score (nSPS) is 16.4. The number of nitrogens with zero attached hydrogens (tertiary/aromatic N) is 1. The molecule has 0 bridgehead atoms. The minimum atomic E-state index is -4.58. The van der Waals surface area contributed by atoms with E-state index >= 15 is 0 Å². The highest BCUT2D eigenvalue weighted by atomic mass is 19.4. The molecule has 0 aliphatic rings. The maximum atomic E-state index is 12.1. The van der Waals surface area contributed by atoms with Crippen LogP contribution in [0.25, 0.3) is 0 Å². The molecule has 2 nitrogen and oxygen atoms in total. The standard InChI is InChI=1S/C9H10F3NO/c1-6(8(14)9(10,11)12)7-2-4-13-5-3-7/h2-6,8,14H,1H3. The first-order chi connectivity index (χ1) is 6.43.